The van der Waals surface area contributed by atoms with Crippen LogP contribution in [0.15, 0.2) is 24.5 Å². The van der Waals surface area contributed by atoms with Gasteiger partial charge in [0.2, 0.25) is 0 Å². The molecule has 21 heavy (non-hydrogen) atoms. The summed E-state index contributed by atoms with van der Waals surface area (Å²) in [5.74, 6) is -0.0211. The van der Waals surface area contributed by atoms with E-state index in [0.29, 0.717) is 17.2 Å². The number of nitrogens with zero attached hydrogens (tertiary/aromatic N) is 1. The van der Waals surface area contributed by atoms with Crippen LogP contribution in [0, 0.1) is 5.41 Å². The zero-order valence-electron chi connectivity index (χ0n) is 11.9. The van der Waals surface area contributed by atoms with Gasteiger partial charge in [-0.05, 0) is 49.7 Å². The van der Waals surface area contributed by atoms with Gasteiger partial charge in [-0.25, -0.2) is 0 Å². The average Bonchev–Trinajstić information content (AvgIpc) is 2.94. The van der Waals surface area contributed by atoms with Gasteiger partial charge >= 0.3 is 0 Å². The lowest BCUT2D eigenvalue weighted by Gasteiger charge is -2.29. The number of rotatable bonds is 2. The zero-order chi connectivity index (χ0) is 14.4. The normalized spacial score (nSPS) is 31.5. The summed E-state index contributed by atoms with van der Waals surface area (Å²) in [7, 11) is 0. The Hall–Kier alpha value is -1.88. The Morgan fingerprint density at radius 1 is 1.43 bits per heavy atom. The molecule has 1 spiro atoms. The molecule has 2 saturated carbocycles. The van der Waals surface area contributed by atoms with Crippen molar-refractivity contribution in [2.45, 2.75) is 44.2 Å². The molecule has 2 aromatic heterocycles. The van der Waals surface area contributed by atoms with E-state index in [4.69, 9.17) is 5.73 Å². The van der Waals surface area contributed by atoms with Crippen molar-refractivity contribution in [1.29, 1.82) is 0 Å². The maximum absolute atomic E-state index is 12.3. The SMILES string of the molecule is NC1CC12CCC(NC(=O)c1cc3cnccc3[nH]1)CC2. The van der Waals surface area contributed by atoms with Crippen LogP contribution in [0.25, 0.3) is 10.9 Å². The molecule has 5 nitrogen and oxygen atoms in total. The van der Waals surface area contributed by atoms with E-state index in [2.05, 4.69) is 15.3 Å². The molecule has 2 aliphatic carbocycles. The first kappa shape index (κ1) is 12.8. The van der Waals surface area contributed by atoms with E-state index >= 15 is 0 Å². The molecule has 2 aliphatic rings. The van der Waals surface area contributed by atoms with Crippen molar-refractivity contribution in [3.8, 4) is 0 Å². The highest BCUT2D eigenvalue weighted by Gasteiger charge is 2.52. The Bertz CT molecular complexity index is 651. The fraction of sp³-hybridized carbons (Fsp3) is 0.500. The molecule has 110 valence electrons. The molecule has 0 saturated heterocycles. The van der Waals surface area contributed by atoms with Crippen molar-refractivity contribution < 1.29 is 4.79 Å². The Morgan fingerprint density at radius 2 is 2.19 bits per heavy atom. The summed E-state index contributed by atoms with van der Waals surface area (Å²) < 4.78 is 0. The van der Waals surface area contributed by atoms with Crippen molar-refractivity contribution in [2.24, 2.45) is 11.1 Å². The molecule has 0 radical (unpaired) electrons. The van der Waals surface area contributed by atoms with E-state index in [0.717, 1.165) is 36.6 Å². The molecule has 0 aromatic carbocycles. The number of H-pyrrole nitrogens is 1. The molecule has 2 fully saturated rings. The highest BCUT2D eigenvalue weighted by molar-refractivity contribution is 5.97. The summed E-state index contributed by atoms with van der Waals surface area (Å²) in [6.07, 6.45) is 9.04. The molecular formula is C16H20N4O. The Balaban J connectivity index is 1.41. The highest BCUT2D eigenvalue weighted by Crippen LogP contribution is 2.54. The number of aromatic amines is 1. The lowest BCUT2D eigenvalue weighted by molar-refractivity contribution is 0.0915. The number of aromatic nitrogens is 2. The number of pyridine rings is 1. The predicted octanol–water partition coefficient (Wildman–Crippen LogP) is 1.95. The lowest BCUT2D eigenvalue weighted by Crippen LogP contribution is -2.39. The third kappa shape index (κ3) is 2.21. The summed E-state index contributed by atoms with van der Waals surface area (Å²) in [6, 6.07) is 4.42. The zero-order valence-corrected chi connectivity index (χ0v) is 11.9. The first-order valence-electron chi connectivity index (χ1n) is 7.65. The summed E-state index contributed by atoms with van der Waals surface area (Å²) in [6.45, 7) is 0. The fourth-order valence-electron chi connectivity index (χ4n) is 3.65. The van der Waals surface area contributed by atoms with Gasteiger partial charge in [-0.2, -0.15) is 0 Å². The van der Waals surface area contributed by atoms with Gasteiger partial charge in [0.1, 0.15) is 5.69 Å². The van der Waals surface area contributed by atoms with Crippen molar-refractivity contribution >= 4 is 16.8 Å². The van der Waals surface area contributed by atoms with E-state index in [1.165, 1.54) is 6.42 Å². The smallest absolute Gasteiger partial charge is 0.267 e. The van der Waals surface area contributed by atoms with Crippen LogP contribution in [0.1, 0.15) is 42.6 Å². The van der Waals surface area contributed by atoms with Crippen LogP contribution in [-0.2, 0) is 0 Å². The minimum Gasteiger partial charge on any atom is -0.350 e. The second-order valence-corrected chi connectivity index (χ2v) is 6.57. The maximum Gasteiger partial charge on any atom is 0.267 e. The lowest BCUT2D eigenvalue weighted by atomic mass is 9.83. The second-order valence-electron chi connectivity index (χ2n) is 6.57. The van der Waals surface area contributed by atoms with Gasteiger partial charge in [-0.3, -0.25) is 9.78 Å². The van der Waals surface area contributed by atoms with Gasteiger partial charge in [0.05, 0.1) is 0 Å². The van der Waals surface area contributed by atoms with Crippen molar-refractivity contribution in [1.82, 2.24) is 15.3 Å². The number of nitrogens with one attached hydrogen (secondary N) is 2. The van der Waals surface area contributed by atoms with Crippen LogP contribution in [-0.4, -0.2) is 28.0 Å². The van der Waals surface area contributed by atoms with E-state index < -0.39 is 0 Å². The standard InChI is InChI=1S/C16H20N4O/c17-14-8-16(14)4-1-11(2-5-16)19-15(21)13-7-10-9-18-6-3-12(10)20-13/h3,6-7,9,11,14,20H,1-2,4-5,8,17H2,(H,19,21). The topological polar surface area (TPSA) is 83.8 Å². The van der Waals surface area contributed by atoms with Gasteiger partial charge in [0.15, 0.2) is 0 Å². The minimum absolute atomic E-state index is 0.0211. The second kappa shape index (κ2) is 4.56. The van der Waals surface area contributed by atoms with E-state index in [9.17, 15) is 4.79 Å². The largest absolute Gasteiger partial charge is 0.350 e. The quantitative estimate of drug-likeness (QED) is 0.788. The van der Waals surface area contributed by atoms with Crippen LogP contribution in [0.4, 0.5) is 0 Å². The number of carbonyl (C=O) groups excluding carboxylic acids is 1. The van der Waals surface area contributed by atoms with E-state index in [1.807, 2.05) is 12.1 Å². The molecule has 1 atom stereocenters. The first-order valence-corrected chi connectivity index (χ1v) is 7.65. The fourth-order valence-corrected chi connectivity index (χ4v) is 3.65. The van der Waals surface area contributed by atoms with Crippen LogP contribution in [0.3, 0.4) is 0 Å². The molecule has 4 N–H and O–H groups in total. The molecule has 0 bridgehead atoms. The number of fused-ring (bicyclic) bond motifs is 1. The van der Waals surface area contributed by atoms with E-state index in [1.54, 1.807) is 12.4 Å². The third-order valence-electron chi connectivity index (χ3n) is 5.24. The van der Waals surface area contributed by atoms with Gasteiger partial charge in [-0.1, -0.05) is 0 Å². The number of amides is 1. The number of hydrogen-bond donors (Lipinski definition) is 3. The van der Waals surface area contributed by atoms with Gasteiger partial charge in [-0.15, -0.1) is 0 Å². The average molecular weight is 284 g/mol. The Morgan fingerprint density at radius 3 is 2.86 bits per heavy atom. The van der Waals surface area contributed by atoms with E-state index in [-0.39, 0.29) is 11.9 Å². The summed E-state index contributed by atoms with van der Waals surface area (Å²) in [5, 5.41) is 4.11. The van der Waals surface area contributed by atoms with Crippen molar-refractivity contribution in [3.05, 3.63) is 30.2 Å². The predicted molar refractivity (Wildman–Crippen MR) is 80.8 cm³/mol. The molecule has 1 amide bonds. The molecule has 2 aromatic rings. The van der Waals surface area contributed by atoms with Crippen LogP contribution >= 0.6 is 0 Å². The highest BCUT2D eigenvalue weighted by atomic mass is 16.1. The number of nitrogens with two attached hydrogens (primary N) is 1. The third-order valence-corrected chi connectivity index (χ3v) is 5.24. The molecule has 5 heteroatoms. The van der Waals surface area contributed by atoms with Gasteiger partial charge < -0.3 is 16.0 Å². The summed E-state index contributed by atoms with van der Waals surface area (Å²) >= 11 is 0. The molecule has 0 aliphatic heterocycles. The molecule has 4 rings (SSSR count). The first-order chi connectivity index (χ1) is 10.2. The number of hydrogen-bond acceptors (Lipinski definition) is 3. The van der Waals surface area contributed by atoms with Crippen LogP contribution in [0.2, 0.25) is 0 Å². The van der Waals surface area contributed by atoms with Gasteiger partial charge in [0, 0.05) is 35.4 Å². The monoisotopic (exact) mass is 284 g/mol. The van der Waals surface area contributed by atoms with Crippen LogP contribution in [0.5, 0.6) is 0 Å². The maximum atomic E-state index is 12.3. The number of carbonyl (C=O) groups is 1. The minimum atomic E-state index is -0.0211. The Kier molecular flexibility index (Phi) is 2.79. The van der Waals surface area contributed by atoms with Crippen molar-refractivity contribution in [3.63, 3.8) is 0 Å². The molecule has 2 heterocycles. The summed E-state index contributed by atoms with van der Waals surface area (Å²) in [4.78, 5) is 19.6. The molecular weight excluding hydrogens is 264 g/mol. The van der Waals surface area contributed by atoms with Gasteiger partial charge in [0.25, 0.3) is 5.91 Å². The summed E-state index contributed by atoms with van der Waals surface area (Å²) in [5.41, 5.74) is 7.98. The Labute approximate surface area is 123 Å². The van der Waals surface area contributed by atoms with Crippen molar-refractivity contribution in [2.75, 3.05) is 0 Å². The molecule has 1 unspecified atom stereocenters. The van der Waals surface area contributed by atoms with Crippen LogP contribution < -0.4 is 11.1 Å².